The molecule has 2 N–H and O–H groups in total. The molecule has 0 spiro atoms. The summed E-state index contributed by atoms with van der Waals surface area (Å²) in [5.41, 5.74) is -1.24. The zero-order valence-corrected chi connectivity index (χ0v) is 6.70. The molecule has 0 aliphatic carbocycles. The standard InChI is InChI=1S/C7H4FN3O3/c8-3-1-2-4-5(6(3)11(13)14)10-7(12)9-4/h1-2H,(H2,9,10,12). The van der Waals surface area contributed by atoms with Crippen LogP contribution in [0.3, 0.4) is 0 Å². The normalized spacial score (nSPS) is 10.6. The van der Waals surface area contributed by atoms with Crippen molar-refractivity contribution in [1.82, 2.24) is 9.97 Å². The van der Waals surface area contributed by atoms with Crippen molar-refractivity contribution in [2.75, 3.05) is 0 Å². The van der Waals surface area contributed by atoms with Gasteiger partial charge < -0.3 is 4.98 Å². The number of aromatic nitrogens is 2. The minimum Gasteiger partial charge on any atom is -0.305 e. The van der Waals surface area contributed by atoms with E-state index < -0.39 is 22.1 Å². The molecule has 0 atom stereocenters. The highest BCUT2D eigenvalue weighted by atomic mass is 19.1. The average Bonchev–Trinajstić information content (AvgIpc) is 2.43. The number of imidazole rings is 1. The van der Waals surface area contributed by atoms with Crippen LogP contribution in [0.5, 0.6) is 0 Å². The lowest BCUT2D eigenvalue weighted by molar-refractivity contribution is -0.385. The number of nitrogens with zero attached hydrogens (tertiary/aromatic N) is 1. The van der Waals surface area contributed by atoms with E-state index in [9.17, 15) is 19.3 Å². The molecule has 7 heteroatoms. The number of hydrogen-bond donors (Lipinski definition) is 2. The summed E-state index contributed by atoms with van der Waals surface area (Å²) < 4.78 is 13.0. The van der Waals surface area contributed by atoms with Gasteiger partial charge in [-0.2, -0.15) is 4.39 Å². The molecule has 0 aliphatic rings. The number of benzene rings is 1. The van der Waals surface area contributed by atoms with Crippen molar-refractivity contribution >= 4 is 16.7 Å². The molecule has 1 heterocycles. The zero-order chi connectivity index (χ0) is 10.3. The summed E-state index contributed by atoms with van der Waals surface area (Å²) in [5, 5.41) is 10.5. The highest BCUT2D eigenvalue weighted by molar-refractivity contribution is 5.84. The summed E-state index contributed by atoms with van der Waals surface area (Å²) >= 11 is 0. The third kappa shape index (κ3) is 1.06. The van der Waals surface area contributed by atoms with Crippen molar-refractivity contribution in [3.63, 3.8) is 0 Å². The van der Waals surface area contributed by atoms with Gasteiger partial charge in [0.05, 0.1) is 10.4 Å². The van der Waals surface area contributed by atoms with Crippen molar-refractivity contribution in [2.45, 2.75) is 0 Å². The van der Waals surface area contributed by atoms with E-state index in [4.69, 9.17) is 0 Å². The van der Waals surface area contributed by atoms with Crippen molar-refractivity contribution in [3.8, 4) is 0 Å². The summed E-state index contributed by atoms with van der Waals surface area (Å²) in [5.74, 6) is -0.974. The van der Waals surface area contributed by atoms with Gasteiger partial charge in [0.1, 0.15) is 5.52 Å². The van der Waals surface area contributed by atoms with E-state index in [0.717, 1.165) is 6.07 Å². The van der Waals surface area contributed by atoms with Crippen LogP contribution < -0.4 is 5.69 Å². The van der Waals surface area contributed by atoms with Crippen LogP contribution >= 0.6 is 0 Å². The maximum Gasteiger partial charge on any atom is 0.330 e. The van der Waals surface area contributed by atoms with Crippen LogP contribution in [0.2, 0.25) is 0 Å². The Morgan fingerprint density at radius 2 is 2.07 bits per heavy atom. The molecule has 1 aromatic heterocycles. The number of rotatable bonds is 1. The predicted octanol–water partition coefficient (Wildman–Crippen LogP) is 0.903. The van der Waals surface area contributed by atoms with E-state index in [0.29, 0.717) is 0 Å². The summed E-state index contributed by atoms with van der Waals surface area (Å²) in [7, 11) is 0. The van der Waals surface area contributed by atoms with E-state index in [2.05, 4.69) is 9.97 Å². The number of nitro benzene ring substituents is 1. The Labute approximate surface area is 75.5 Å². The number of fused-ring (bicyclic) bond motifs is 1. The van der Waals surface area contributed by atoms with E-state index >= 15 is 0 Å². The maximum absolute atomic E-state index is 13.0. The van der Waals surface area contributed by atoms with Crippen LogP contribution in [0.15, 0.2) is 16.9 Å². The summed E-state index contributed by atoms with van der Waals surface area (Å²) in [4.78, 5) is 24.9. The number of hydrogen-bond acceptors (Lipinski definition) is 3. The maximum atomic E-state index is 13.0. The van der Waals surface area contributed by atoms with E-state index in [1.54, 1.807) is 0 Å². The van der Waals surface area contributed by atoms with Gasteiger partial charge in [0.15, 0.2) is 0 Å². The van der Waals surface area contributed by atoms with Crippen molar-refractivity contribution < 1.29 is 9.31 Å². The summed E-state index contributed by atoms with van der Waals surface area (Å²) in [6.45, 7) is 0. The zero-order valence-electron chi connectivity index (χ0n) is 6.70. The molecule has 0 fully saturated rings. The Balaban J connectivity index is 2.95. The minimum atomic E-state index is -0.974. The Kier molecular flexibility index (Phi) is 1.60. The molecule has 0 unspecified atom stereocenters. The van der Waals surface area contributed by atoms with Crippen molar-refractivity contribution in [2.24, 2.45) is 0 Å². The molecule has 2 rings (SSSR count). The first-order valence-electron chi connectivity index (χ1n) is 3.64. The topological polar surface area (TPSA) is 91.8 Å². The third-order valence-electron chi connectivity index (χ3n) is 1.80. The van der Waals surface area contributed by atoms with Gasteiger partial charge in [-0.3, -0.25) is 15.1 Å². The van der Waals surface area contributed by atoms with Gasteiger partial charge in [0, 0.05) is 0 Å². The van der Waals surface area contributed by atoms with Crippen LogP contribution in [-0.4, -0.2) is 14.9 Å². The van der Waals surface area contributed by atoms with Crippen LogP contribution in [0.1, 0.15) is 0 Å². The fraction of sp³-hybridized carbons (Fsp3) is 0. The number of H-pyrrole nitrogens is 2. The quantitative estimate of drug-likeness (QED) is 0.525. The van der Waals surface area contributed by atoms with Crippen molar-refractivity contribution in [1.29, 1.82) is 0 Å². The molecule has 0 bridgehead atoms. The van der Waals surface area contributed by atoms with Crippen LogP contribution in [-0.2, 0) is 0 Å². The number of halogens is 1. The van der Waals surface area contributed by atoms with Crippen molar-refractivity contribution in [3.05, 3.63) is 38.5 Å². The van der Waals surface area contributed by atoms with Gasteiger partial charge in [-0.1, -0.05) is 0 Å². The molecule has 2 aromatic rings. The highest BCUT2D eigenvalue weighted by Crippen LogP contribution is 2.24. The van der Waals surface area contributed by atoms with Gasteiger partial charge >= 0.3 is 11.4 Å². The molecular weight excluding hydrogens is 193 g/mol. The molecule has 0 aliphatic heterocycles. The van der Waals surface area contributed by atoms with Crippen LogP contribution in [0.4, 0.5) is 10.1 Å². The smallest absolute Gasteiger partial charge is 0.305 e. The summed E-state index contributed by atoms with van der Waals surface area (Å²) in [6.07, 6.45) is 0. The average molecular weight is 197 g/mol. The SMILES string of the molecule is O=c1[nH]c2ccc(F)c([N+](=O)[O-])c2[nH]1. The summed E-state index contributed by atoms with van der Waals surface area (Å²) in [6, 6.07) is 2.19. The predicted molar refractivity (Wildman–Crippen MR) is 45.5 cm³/mol. The molecule has 0 amide bonds. The lowest BCUT2D eigenvalue weighted by Crippen LogP contribution is -2.00. The number of aromatic amines is 2. The van der Waals surface area contributed by atoms with E-state index in [-0.39, 0.29) is 11.0 Å². The highest BCUT2D eigenvalue weighted by Gasteiger charge is 2.20. The molecule has 0 saturated carbocycles. The molecule has 6 nitrogen and oxygen atoms in total. The number of nitro groups is 1. The van der Waals surface area contributed by atoms with Gasteiger partial charge in [0.2, 0.25) is 5.82 Å². The second-order valence-corrected chi connectivity index (χ2v) is 2.65. The monoisotopic (exact) mass is 197 g/mol. The van der Waals surface area contributed by atoms with Crippen LogP contribution in [0, 0.1) is 15.9 Å². The third-order valence-corrected chi connectivity index (χ3v) is 1.80. The van der Waals surface area contributed by atoms with E-state index in [1.165, 1.54) is 6.07 Å². The molecule has 72 valence electrons. The molecular formula is C7H4FN3O3. The second-order valence-electron chi connectivity index (χ2n) is 2.65. The Morgan fingerprint density at radius 1 is 1.36 bits per heavy atom. The fourth-order valence-corrected chi connectivity index (χ4v) is 1.24. The molecule has 1 aromatic carbocycles. The van der Waals surface area contributed by atoms with E-state index in [1.807, 2.05) is 0 Å². The largest absolute Gasteiger partial charge is 0.330 e. The fourth-order valence-electron chi connectivity index (χ4n) is 1.24. The second kappa shape index (κ2) is 2.66. The number of nitrogens with one attached hydrogen (secondary N) is 2. The van der Waals surface area contributed by atoms with Crippen LogP contribution in [0.25, 0.3) is 11.0 Å². The molecule has 14 heavy (non-hydrogen) atoms. The Morgan fingerprint density at radius 3 is 2.71 bits per heavy atom. The molecule has 0 radical (unpaired) electrons. The first-order valence-corrected chi connectivity index (χ1v) is 3.64. The lowest BCUT2D eigenvalue weighted by atomic mass is 10.2. The van der Waals surface area contributed by atoms with Gasteiger partial charge in [-0.05, 0) is 12.1 Å². The first kappa shape index (κ1) is 8.42. The van der Waals surface area contributed by atoms with Gasteiger partial charge in [-0.15, -0.1) is 0 Å². The molecule has 0 saturated heterocycles. The lowest BCUT2D eigenvalue weighted by Gasteiger charge is -1.93. The minimum absolute atomic E-state index is 0.125. The first-order chi connectivity index (χ1) is 6.59. The Hall–Kier alpha value is -2.18. The Bertz CT molecular complexity index is 571. The van der Waals surface area contributed by atoms with Gasteiger partial charge in [0.25, 0.3) is 0 Å². The van der Waals surface area contributed by atoms with Gasteiger partial charge in [-0.25, -0.2) is 4.79 Å².